The first-order chi connectivity index (χ1) is 12.6. The van der Waals surface area contributed by atoms with Gasteiger partial charge < -0.3 is 14.6 Å². The van der Waals surface area contributed by atoms with Crippen molar-refractivity contribution in [3.63, 3.8) is 0 Å². The number of imidazole rings is 1. The second kappa shape index (κ2) is 7.86. The summed E-state index contributed by atoms with van der Waals surface area (Å²) in [4.78, 5) is 31.3. The lowest BCUT2D eigenvalue weighted by Gasteiger charge is -2.15. The zero-order chi connectivity index (χ0) is 18.5. The number of carbonyl (C=O) groups excluding carboxylic acids is 2. The van der Waals surface area contributed by atoms with E-state index in [1.54, 1.807) is 47.0 Å². The molecule has 0 aliphatic carbocycles. The van der Waals surface area contributed by atoms with Crippen molar-refractivity contribution in [3.8, 4) is 0 Å². The molecule has 26 heavy (non-hydrogen) atoms. The summed E-state index contributed by atoms with van der Waals surface area (Å²) < 4.78 is 6.88. The summed E-state index contributed by atoms with van der Waals surface area (Å²) in [5.41, 5.74) is 0.820. The van der Waals surface area contributed by atoms with Crippen molar-refractivity contribution in [2.75, 3.05) is 13.6 Å². The fourth-order valence-corrected chi connectivity index (χ4v) is 2.69. The van der Waals surface area contributed by atoms with Crippen molar-refractivity contribution in [2.45, 2.75) is 26.3 Å². The first-order valence-electron chi connectivity index (χ1n) is 8.65. The van der Waals surface area contributed by atoms with Gasteiger partial charge in [0.25, 0.3) is 11.8 Å². The van der Waals surface area contributed by atoms with Crippen molar-refractivity contribution in [1.29, 1.82) is 0 Å². The summed E-state index contributed by atoms with van der Waals surface area (Å²) in [5.74, 6) is 0.338. The Morgan fingerprint density at radius 2 is 2.12 bits per heavy atom. The van der Waals surface area contributed by atoms with Crippen LogP contribution in [0.15, 0.2) is 47.2 Å². The number of hydrogen-bond acceptors (Lipinski definition) is 4. The van der Waals surface area contributed by atoms with Crippen molar-refractivity contribution in [3.05, 3.63) is 60.1 Å². The Morgan fingerprint density at radius 3 is 2.85 bits per heavy atom. The van der Waals surface area contributed by atoms with Gasteiger partial charge in [-0.15, -0.1) is 0 Å². The maximum absolute atomic E-state index is 12.7. The fraction of sp³-hybridized carbons (Fsp3) is 0.316. The molecule has 3 heterocycles. The molecule has 3 rings (SSSR count). The molecular weight excluding hydrogens is 332 g/mol. The fourth-order valence-electron chi connectivity index (χ4n) is 2.69. The minimum absolute atomic E-state index is 0.204. The Bertz CT molecular complexity index is 899. The maximum Gasteiger partial charge on any atom is 0.289 e. The van der Waals surface area contributed by atoms with Gasteiger partial charge in [-0.1, -0.05) is 19.4 Å². The Kier molecular flexibility index (Phi) is 5.36. The second-order valence-electron chi connectivity index (χ2n) is 6.08. The molecule has 0 unspecified atom stereocenters. The van der Waals surface area contributed by atoms with E-state index in [4.69, 9.17) is 4.42 Å². The third-order valence-electron chi connectivity index (χ3n) is 4.15. The molecule has 136 valence electrons. The van der Waals surface area contributed by atoms with Gasteiger partial charge in [-0.2, -0.15) is 0 Å². The normalized spacial score (nSPS) is 10.8. The topological polar surface area (TPSA) is 79.8 Å². The number of nitrogens with one attached hydrogen (secondary N) is 1. The standard InChI is InChI=1S/C19H22N4O3/c1-3-4-10-22(2)19(25)17-21-16(15-9-5-6-11-23(15)17)18(24)20-13-14-8-7-12-26-14/h5-9,11-12H,3-4,10,13H2,1-2H3,(H,20,24). The number of furan rings is 1. The molecule has 0 aliphatic heterocycles. The first-order valence-corrected chi connectivity index (χ1v) is 8.65. The van der Waals surface area contributed by atoms with Crippen LogP contribution < -0.4 is 5.32 Å². The van der Waals surface area contributed by atoms with Gasteiger partial charge in [0.05, 0.1) is 18.3 Å². The minimum atomic E-state index is -0.347. The highest BCUT2D eigenvalue weighted by molar-refractivity contribution is 6.02. The number of pyridine rings is 1. The van der Waals surface area contributed by atoms with Gasteiger partial charge in [0.2, 0.25) is 5.82 Å². The average molecular weight is 354 g/mol. The molecular formula is C19H22N4O3. The third kappa shape index (κ3) is 3.61. The Labute approximate surface area is 151 Å². The molecule has 7 nitrogen and oxygen atoms in total. The number of amides is 2. The number of rotatable bonds is 7. The quantitative estimate of drug-likeness (QED) is 0.707. The van der Waals surface area contributed by atoms with E-state index in [0.717, 1.165) is 12.8 Å². The molecule has 7 heteroatoms. The lowest BCUT2D eigenvalue weighted by Crippen LogP contribution is -2.29. The van der Waals surface area contributed by atoms with Crippen LogP contribution in [0, 0.1) is 0 Å². The van der Waals surface area contributed by atoms with Crippen LogP contribution in [0.1, 0.15) is 46.6 Å². The Hall–Kier alpha value is -3.09. The Balaban J connectivity index is 1.87. The largest absolute Gasteiger partial charge is 0.467 e. The summed E-state index contributed by atoms with van der Waals surface area (Å²) in [6, 6.07) is 8.94. The van der Waals surface area contributed by atoms with Gasteiger partial charge in [0.15, 0.2) is 5.69 Å². The molecule has 0 saturated carbocycles. The summed E-state index contributed by atoms with van der Waals surface area (Å²) >= 11 is 0. The molecule has 0 aliphatic rings. The SMILES string of the molecule is CCCCN(C)C(=O)c1nc(C(=O)NCc2ccco2)c2ccccn12. The molecule has 0 bridgehead atoms. The van der Waals surface area contributed by atoms with E-state index in [1.807, 2.05) is 12.1 Å². The van der Waals surface area contributed by atoms with Gasteiger partial charge in [-0.05, 0) is 30.7 Å². The van der Waals surface area contributed by atoms with Crippen LogP contribution in [0.25, 0.3) is 5.52 Å². The van der Waals surface area contributed by atoms with E-state index in [1.165, 1.54) is 0 Å². The molecule has 0 saturated heterocycles. The monoisotopic (exact) mass is 354 g/mol. The van der Waals surface area contributed by atoms with Crippen LogP contribution in [-0.4, -0.2) is 39.7 Å². The van der Waals surface area contributed by atoms with Gasteiger partial charge in [-0.3, -0.25) is 14.0 Å². The van der Waals surface area contributed by atoms with E-state index < -0.39 is 0 Å². The number of aromatic nitrogens is 2. The van der Waals surface area contributed by atoms with E-state index in [2.05, 4.69) is 17.2 Å². The molecule has 3 aromatic heterocycles. The zero-order valence-electron chi connectivity index (χ0n) is 14.9. The van der Waals surface area contributed by atoms with E-state index >= 15 is 0 Å². The van der Waals surface area contributed by atoms with Crippen LogP contribution in [0.2, 0.25) is 0 Å². The third-order valence-corrected chi connectivity index (χ3v) is 4.15. The Morgan fingerprint density at radius 1 is 1.27 bits per heavy atom. The van der Waals surface area contributed by atoms with Gasteiger partial charge in [0.1, 0.15) is 5.76 Å². The van der Waals surface area contributed by atoms with Crippen LogP contribution in [0.5, 0.6) is 0 Å². The number of unbranched alkanes of at least 4 members (excludes halogenated alkanes) is 1. The maximum atomic E-state index is 12.7. The van der Waals surface area contributed by atoms with E-state index in [9.17, 15) is 9.59 Å². The van der Waals surface area contributed by atoms with E-state index in [-0.39, 0.29) is 29.9 Å². The molecule has 0 aromatic carbocycles. The van der Waals surface area contributed by atoms with Crippen LogP contribution in [0.3, 0.4) is 0 Å². The van der Waals surface area contributed by atoms with Gasteiger partial charge in [0, 0.05) is 19.8 Å². The summed E-state index contributed by atoms with van der Waals surface area (Å²) in [5, 5.41) is 2.78. The van der Waals surface area contributed by atoms with Crippen molar-refractivity contribution < 1.29 is 14.0 Å². The molecule has 0 atom stereocenters. The highest BCUT2D eigenvalue weighted by atomic mass is 16.3. The predicted molar refractivity (Wildman–Crippen MR) is 96.9 cm³/mol. The predicted octanol–water partition coefficient (Wildman–Crippen LogP) is 2.73. The lowest BCUT2D eigenvalue weighted by atomic mass is 10.3. The molecule has 0 spiro atoms. The number of carbonyl (C=O) groups is 2. The molecule has 2 amide bonds. The molecule has 1 N–H and O–H groups in total. The summed E-state index contributed by atoms with van der Waals surface area (Å²) in [6.07, 6.45) is 5.21. The van der Waals surface area contributed by atoms with Crippen molar-refractivity contribution in [2.24, 2.45) is 0 Å². The van der Waals surface area contributed by atoms with E-state index in [0.29, 0.717) is 17.8 Å². The molecule has 0 radical (unpaired) electrons. The second-order valence-corrected chi connectivity index (χ2v) is 6.08. The number of nitrogens with zero attached hydrogens (tertiary/aromatic N) is 3. The summed E-state index contributed by atoms with van der Waals surface area (Å²) in [6.45, 7) is 2.99. The van der Waals surface area contributed by atoms with Crippen molar-refractivity contribution in [1.82, 2.24) is 19.6 Å². The lowest BCUT2D eigenvalue weighted by molar-refractivity contribution is 0.0780. The van der Waals surface area contributed by atoms with Gasteiger partial charge in [-0.25, -0.2) is 4.98 Å². The van der Waals surface area contributed by atoms with Gasteiger partial charge >= 0.3 is 0 Å². The highest BCUT2D eigenvalue weighted by Gasteiger charge is 2.23. The van der Waals surface area contributed by atoms with Crippen LogP contribution in [0.4, 0.5) is 0 Å². The molecule has 3 aromatic rings. The highest BCUT2D eigenvalue weighted by Crippen LogP contribution is 2.15. The first kappa shape index (κ1) is 17.7. The van der Waals surface area contributed by atoms with Crippen LogP contribution in [-0.2, 0) is 6.54 Å². The number of hydrogen-bond donors (Lipinski definition) is 1. The number of fused-ring (bicyclic) bond motifs is 1. The smallest absolute Gasteiger partial charge is 0.289 e. The van der Waals surface area contributed by atoms with Crippen molar-refractivity contribution >= 4 is 17.3 Å². The average Bonchev–Trinajstić information content (AvgIpc) is 3.31. The minimum Gasteiger partial charge on any atom is -0.467 e. The summed E-state index contributed by atoms with van der Waals surface area (Å²) in [7, 11) is 1.75. The zero-order valence-corrected chi connectivity index (χ0v) is 14.9. The van der Waals surface area contributed by atoms with Crippen LogP contribution >= 0.6 is 0 Å². The molecule has 0 fully saturated rings.